The number of amides is 1. The third kappa shape index (κ3) is 4.76. The summed E-state index contributed by atoms with van der Waals surface area (Å²) in [5, 5.41) is 12.6. The first-order valence-electron chi connectivity index (χ1n) is 7.04. The van der Waals surface area contributed by atoms with Crippen molar-refractivity contribution in [1.82, 2.24) is 5.32 Å². The van der Waals surface area contributed by atoms with Gasteiger partial charge in [0.1, 0.15) is 17.3 Å². The zero-order valence-corrected chi connectivity index (χ0v) is 13.0. The molecular weight excluding hydrogens is 327 g/mol. The van der Waals surface area contributed by atoms with Crippen LogP contribution in [0.4, 0.5) is 13.2 Å². The molecule has 8 heteroatoms. The summed E-state index contributed by atoms with van der Waals surface area (Å²) in [6.07, 6.45) is -5.73. The van der Waals surface area contributed by atoms with Gasteiger partial charge in [0.25, 0.3) is 5.91 Å². The molecule has 1 heterocycles. The van der Waals surface area contributed by atoms with Crippen molar-refractivity contribution in [3.8, 4) is 5.75 Å². The van der Waals surface area contributed by atoms with Gasteiger partial charge in [0, 0.05) is 17.7 Å². The molecule has 0 saturated heterocycles. The molecule has 1 aromatic carbocycles. The minimum atomic E-state index is -4.78. The van der Waals surface area contributed by atoms with Crippen LogP contribution in [0.3, 0.4) is 0 Å². The summed E-state index contributed by atoms with van der Waals surface area (Å²) in [5.41, 5.74) is 0.721. The lowest BCUT2D eigenvalue weighted by molar-refractivity contribution is -0.274. The Bertz CT molecular complexity index is 707. The normalized spacial score (nSPS) is 12.8. The van der Waals surface area contributed by atoms with Crippen LogP contribution in [-0.2, 0) is 0 Å². The van der Waals surface area contributed by atoms with Crippen molar-refractivity contribution in [3.05, 3.63) is 53.0 Å². The molecule has 0 aliphatic carbocycles. The van der Waals surface area contributed by atoms with E-state index in [0.29, 0.717) is 17.1 Å². The number of aliphatic hydroxyl groups excluding tert-OH is 1. The van der Waals surface area contributed by atoms with Crippen molar-refractivity contribution in [2.75, 3.05) is 6.54 Å². The minimum absolute atomic E-state index is 0.0561. The fourth-order valence-corrected chi connectivity index (χ4v) is 2.19. The van der Waals surface area contributed by atoms with E-state index < -0.39 is 24.1 Å². The summed E-state index contributed by atoms with van der Waals surface area (Å²) in [6, 6.07) is 6.17. The first-order valence-corrected chi connectivity index (χ1v) is 7.04. The number of ether oxygens (including phenoxy) is 1. The van der Waals surface area contributed by atoms with E-state index in [1.807, 2.05) is 0 Å². The third-order valence-corrected chi connectivity index (χ3v) is 3.24. The molecule has 1 unspecified atom stereocenters. The lowest BCUT2D eigenvalue weighted by atomic mass is 10.1. The molecule has 0 aliphatic heterocycles. The van der Waals surface area contributed by atoms with E-state index in [1.165, 1.54) is 12.1 Å². The van der Waals surface area contributed by atoms with Crippen LogP contribution in [0.1, 0.15) is 33.5 Å². The molecule has 0 bridgehead atoms. The van der Waals surface area contributed by atoms with Crippen LogP contribution in [0.2, 0.25) is 0 Å². The van der Waals surface area contributed by atoms with E-state index >= 15 is 0 Å². The van der Waals surface area contributed by atoms with E-state index in [0.717, 1.165) is 12.1 Å². The minimum Gasteiger partial charge on any atom is -0.466 e. The number of carbonyl (C=O) groups excluding carboxylic acids is 1. The molecule has 1 aromatic heterocycles. The van der Waals surface area contributed by atoms with Crippen LogP contribution in [0.5, 0.6) is 5.75 Å². The van der Waals surface area contributed by atoms with Crippen LogP contribution in [0.25, 0.3) is 0 Å². The molecule has 0 fully saturated rings. The molecule has 1 amide bonds. The topological polar surface area (TPSA) is 71.7 Å². The van der Waals surface area contributed by atoms with Crippen LogP contribution in [-0.4, -0.2) is 23.9 Å². The number of hydrogen-bond donors (Lipinski definition) is 2. The van der Waals surface area contributed by atoms with Gasteiger partial charge in [0.2, 0.25) is 0 Å². The quantitative estimate of drug-likeness (QED) is 0.874. The van der Waals surface area contributed by atoms with E-state index in [4.69, 9.17) is 4.42 Å². The van der Waals surface area contributed by atoms with Gasteiger partial charge >= 0.3 is 6.36 Å². The molecule has 24 heavy (non-hydrogen) atoms. The molecule has 0 saturated carbocycles. The summed E-state index contributed by atoms with van der Waals surface area (Å²) in [7, 11) is 0. The van der Waals surface area contributed by atoms with Gasteiger partial charge in [-0.3, -0.25) is 4.79 Å². The second-order valence-corrected chi connectivity index (χ2v) is 5.17. The Morgan fingerprint density at radius 3 is 2.42 bits per heavy atom. The fraction of sp³-hybridized carbons (Fsp3) is 0.312. The average Bonchev–Trinajstić information content (AvgIpc) is 2.82. The number of aliphatic hydroxyl groups is 1. The Labute approximate surface area is 136 Å². The highest BCUT2D eigenvalue weighted by Gasteiger charge is 2.31. The van der Waals surface area contributed by atoms with Crippen molar-refractivity contribution in [2.24, 2.45) is 0 Å². The Hall–Kier alpha value is -2.48. The van der Waals surface area contributed by atoms with E-state index in [9.17, 15) is 23.1 Å². The highest BCUT2D eigenvalue weighted by atomic mass is 19.4. The zero-order chi connectivity index (χ0) is 17.9. The van der Waals surface area contributed by atoms with E-state index in [2.05, 4.69) is 10.1 Å². The molecule has 130 valence electrons. The zero-order valence-electron chi connectivity index (χ0n) is 13.0. The molecule has 0 aliphatic rings. The van der Waals surface area contributed by atoms with E-state index in [1.54, 1.807) is 19.9 Å². The lowest BCUT2D eigenvalue weighted by Crippen LogP contribution is -2.28. The Kier molecular flexibility index (Phi) is 5.18. The molecule has 5 nitrogen and oxygen atoms in total. The Morgan fingerprint density at radius 1 is 1.29 bits per heavy atom. The molecule has 2 N–H and O–H groups in total. The standard InChI is InChI=1S/C16H16F3NO4/c1-9-7-13(10(2)23-9)14(21)8-20-15(22)11-3-5-12(6-4-11)24-16(17,18)19/h3-7,14,21H,8H2,1-2H3,(H,20,22). The smallest absolute Gasteiger partial charge is 0.466 e. The van der Waals surface area contributed by atoms with Gasteiger partial charge < -0.3 is 19.6 Å². The molecule has 1 atom stereocenters. The number of furan rings is 1. The molecule has 2 rings (SSSR count). The first-order chi connectivity index (χ1) is 11.2. The number of hydrogen-bond acceptors (Lipinski definition) is 4. The average molecular weight is 343 g/mol. The lowest BCUT2D eigenvalue weighted by Gasteiger charge is -2.12. The highest BCUT2D eigenvalue weighted by molar-refractivity contribution is 5.94. The van der Waals surface area contributed by atoms with Gasteiger partial charge in [-0.05, 0) is 44.2 Å². The first kappa shape index (κ1) is 17.9. The summed E-state index contributed by atoms with van der Waals surface area (Å²) in [4.78, 5) is 12.0. The van der Waals surface area contributed by atoms with Crippen molar-refractivity contribution in [2.45, 2.75) is 26.3 Å². The van der Waals surface area contributed by atoms with Crippen LogP contribution in [0, 0.1) is 13.8 Å². The largest absolute Gasteiger partial charge is 0.573 e. The number of benzene rings is 1. The number of carbonyl (C=O) groups is 1. The monoisotopic (exact) mass is 343 g/mol. The summed E-state index contributed by atoms with van der Waals surface area (Å²) < 4.78 is 45.2. The predicted octanol–water partition coefficient (Wildman–Crippen LogP) is 3.26. The van der Waals surface area contributed by atoms with E-state index in [-0.39, 0.29) is 12.1 Å². The maximum Gasteiger partial charge on any atom is 0.573 e. The predicted molar refractivity (Wildman–Crippen MR) is 78.6 cm³/mol. The maximum atomic E-state index is 12.1. The van der Waals surface area contributed by atoms with Crippen molar-refractivity contribution >= 4 is 5.91 Å². The second kappa shape index (κ2) is 6.96. The van der Waals surface area contributed by atoms with Gasteiger partial charge in [0.05, 0.1) is 6.10 Å². The SMILES string of the molecule is Cc1cc(C(O)CNC(=O)c2ccc(OC(F)(F)F)cc2)c(C)o1. The molecule has 2 aromatic rings. The summed E-state index contributed by atoms with van der Waals surface area (Å²) in [6.45, 7) is 3.39. The van der Waals surface area contributed by atoms with Crippen LogP contribution >= 0.6 is 0 Å². The Balaban J connectivity index is 1.94. The van der Waals surface area contributed by atoms with Gasteiger partial charge in [0.15, 0.2) is 0 Å². The summed E-state index contributed by atoms with van der Waals surface area (Å²) >= 11 is 0. The van der Waals surface area contributed by atoms with Crippen LogP contribution in [0.15, 0.2) is 34.7 Å². The number of nitrogens with one attached hydrogen (secondary N) is 1. The number of halogens is 3. The molecule has 0 radical (unpaired) electrons. The van der Waals surface area contributed by atoms with Gasteiger partial charge in [-0.15, -0.1) is 13.2 Å². The van der Waals surface area contributed by atoms with Crippen molar-refractivity contribution in [1.29, 1.82) is 0 Å². The van der Waals surface area contributed by atoms with Crippen molar-refractivity contribution in [3.63, 3.8) is 0 Å². The summed E-state index contributed by atoms with van der Waals surface area (Å²) in [5.74, 6) is 0.269. The number of alkyl halides is 3. The number of rotatable bonds is 5. The van der Waals surface area contributed by atoms with Crippen LogP contribution < -0.4 is 10.1 Å². The number of aryl methyl sites for hydroxylation is 2. The fourth-order valence-electron chi connectivity index (χ4n) is 2.19. The van der Waals surface area contributed by atoms with Gasteiger partial charge in [-0.25, -0.2) is 0 Å². The van der Waals surface area contributed by atoms with Crippen molar-refractivity contribution < 1.29 is 32.2 Å². The maximum absolute atomic E-state index is 12.1. The Morgan fingerprint density at radius 2 is 1.92 bits per heavy atom. The third-order valence-electron chi connectivity index (χ3n) is 3.24. The molecular formula is C16H16F3NO4. The van der Waals surface area contributed by atoms with Gasteiger partial charge in [-0.2, -0.15) is 0 Å². The van der Waals surface area contributed by atoms with Gasteiger partial charge in [-0.1, -0.05) is 0 Å². The molecule has 0 spiro atoms. The highest BCUT2D eigenvalue weighted by Crippen LogP contribution is 2.23. The second-order valence-electron chi connectivity index (χ2n) is 5.17.